The standard InChI is InChI=1S/C13H16ClF2NO2S/c14-9-13(7-3-4-8-13)17-10-5-1-2-6-11(10)20(18,19)12(15)16/h1-2,5-6,12,17H,3-4,7-9H2. The van der Waals surface area contributed by atoms with Crippen LogP contribution in [-0.2, 0) is 9.84 Å². The summed E-state index contributed by atoms with van der Waals surface area (Å²) in [5.41, 5.74) is -0.203. The molecule has 0 unspecified atom stereocenters. The van der Waals surface area contributed by atoms with Crippen molar-refractivity contribution < 1.29 is 17.2 Å². The number of rotatable bonds is 5. The maximum atomic E-state index is 12.7. The normalized spacial score (nSPS) is 18.4. The number of sulfone groups is 1. The molecule has 0 amide bonds. The van der Waals surface area contributed by atoms with E-state index in [4.69, 9.17) is 11.6 Å². The molecule has 1 fully saturated rings. The van der Waals surface area contributed by atoms with Gasteiger partial charge in [-0.15, -0.1) is 11.6 Å². The summed E-state index contributed by atoms with van der Waals surface area (Å²) in [7, 11) is -4.62. The molecule has 112 valence electrons. The van der Waals surface area contributed by atoms with Crippen molar-refractivity contribution in [1.82, 2.24) is 0 Å². The third-order valence-electron chi connectivity index (χ3n) is 3.64. The van der Waals surface area contributed by atoms with Crippen LogP contribution in [0.2, 0.25) is 0 Å². The highest BCUT2D eigenvalue weighted by Crippen LogP contribution is 2.36. The fourth-order valence-corrected chi connectivity index (χ4v) is 3.76. The molecule has 0 heterocycles. The molecule has 0 aromatic heterocycles. The molecular weight excluding hydrogens is 308 g/mol. The molecule has 1 aromatic rings. The van der Waals surface area contributed by atoms with Gasteiger partial charge in [0.2, 0.25) is 9.84 Å². The molecule has 20 heavy (non-hydrogen) atoms. The Labute approximate surface area is 122 Å². The molecule has 1 saturated carbocycles. The lowest BCUT2D eigenvalue weighted by Crippen LogP contribution is -2.37. The van der Waals surface area contributed by atoms with Gasteiger partial charge in [0.25, 0.3) is 0 Å². The quantitative estimate of drug-likeness (QED) is 0.841. The van der Waals surface area contributed by atoms with Gasteiger partial charge in [0.1, 0.15) is 0 Å². The van der Waals surface area contributed by atoms with Crippen LogP contribution in [0.15, 0.2) is 29.2 Å². The lowest BCUT2D eigenvalue weighted by molar-refractivity contribution is 0.235. The fourth-order valence-electron chi connectivity index (χ4n) is 2.54. The molecule has 3 nitrogen and oxygen atoms in total. The van der Waals surface area contributed by atoms with Crippen molar-refractivity contribution in [1.29, 1.82) is 0 Å². The Balaban J connectivity index is 2.38. The van der Waals surface area contributed by atoms with Crippen molar-refractivity contribution in [3.8, 4) is 0 Å². The topological polar surface area (TPSA) is 46.2 Å². The highest BCUT2D eigenvalue weighted by Gasteiger charge is 2.35. The summed E-state index contributed by atoms with van der Waals surface area (Å²) in [6.07, 6.45) is 3.59. The maximum absolute atomic E-state index is 12.7. The molecule has 0 spiro atoms. The Morgan fingerprint density at radius 3 is 2.40 bits per heavy atom. The molecule has 0 saturated heterocycles. The fraction of sp³-hybridized carbons (Fsp3) is 0.538. The van der Waals surface area contributed by atoms with Gasteiger partial charge in [0, 0.05) is 5.88 Å². The average Bonchev–Trinajstić information content (AvgIpc) is 2.88. The van der Waals surface area contributed by atoms with Crippen LogP contribution in [0.5, 0.6) is 0 Å². The molecule has 0 atom stereocenters. The van der Waals surface area contributed by atoms with Gasteiger partial charge in [-0.25, -0.2) is 8.42 Å². The van der Waals surface area contributed by atoms with E-state index in [9.17, 15) is 17.2 Å². The lowest BCUT2D eigenvalue weighted by Gasteiger charge is -2.30. The zero-order valence-corrected chi connectivity index (χ0v) is 12.4. The van der Waals surface area contributed by atoms with Crippen LogP contribution in [0.4, 0.5) is 14.5 Å². The van der Waals surface area contributed by atoms with Crippen molar-refractivity contribution in [2.45, 2.75) is 41.9 Å². The van der Waals surface area contributed by atoms with Crippen molar-refractivity contribution in [2.75, 3.05) is 11.2 Å². The molecule has 1 N–H and O–H groups in total. The van der Waals surface area contributed by atoms with Gasteiger partial charge in [-0.05, 0) is 25.0 Å². The van der Waals surface area contributed by atoms with E-state index in [0.29, 0.717) is 5.88 Å². The van der Waals surface area contributed by atoms with Crippen molar-refractivity contribution in [3.63, 3.8) is 0 Å². The summed E-state index contributed by atoms with van der Waals surface area (Å²) in [5, 5.41) is 3.09. The first-order chi connectivity index (χ1) is 9.41. The first-order valence-electron chi connectivity index (χ1n) is 6.36. The molecule has 7 heteroatoms. The van der Waals surface area contributed by atoms with E-state index >= 15 is 0 Å². The first kappa shape index (κ1) is 15.5. The van der Waals surface area contributed by atoms with Gasteiger partial charge in [-0.1, -0.05) is 25.0 Å². The summed E-state index contributed by atoms with van der Waals surface area (Å²) >= 11 is 5.98. The molecule has 1 aliphatic carbocycles. The van der Waals surface area contributed by atoms with Gasteiger partial charge in [-0.2, -0.15) is 8.78 Å². The minimum absolute atomic E-state index is 0.204. The highest BCUT2D eigenvalue weighted by molar-refractivity contribution is 7.91. The average molecular weight is 324 g/mol. The number of anilines is 1. The largest absolute Gasteiger partial charge is 0.377 e. The first-order valence-corrected chi connectivity index (χ1v) is 8.45. The van der Waals surface area contributed by atoms with Crippen LogP contribution in [-0.4, -0.2) is 25.6 Å². The molecular formula is C13H16ClF2NO2S. The van der Waals surface area contributed by atoms with E-state index in [1.54, 1.807) is 6.07 Å². The van der Waals surface area contributed by atoms with E-state index < -0.39 is 21.1 Å². The zero-order chi connectivity index (χ0) is 14.8. The van der Waals surface area contributed by atoms with Crippen molar-refractivity contribution >= 4 is 27.1 Å². The lowest BCUT2D eigenvalue weighted by atomic mass is 10.00. The van der Waals surface area contributed by atoms with E-state index in [0.717, 1.165) is 25.7 Å². The second-order valence-electron chi connectivity index (χ2n) is 5.05. The SMILES string of the molecule is O=S(=O)(c1ccccc1NC1(CCl)CCCC1)C(F)F. The van der Waals surface area contributed by atoms with E-state index in [2.05, 4.69) is 5.32 Å². The molecule has 0 radical (unpaired) electrons. The Kier molecular flexibility index (Phi) is 4.54. The summed E-state index contributed by atoms with van der Waals surface area (Å²) in [4.78, 5) is -0.369. The van der Waals surface area contributed by atoms with Gasteiger partial charge >= 0.3 is 5.76 Å². The zero-order valence-electron chi connectivity index (χ0n) is 10.8. The summed E-state index contributed by atoms with van der Waals surface area (Å²) < 4.78 is 48.8. The minimum atomic E-state index is -4.62. The number of benzene rings is 1. The van der Waals surface area contributed by atoms with E-state index in [-0.39, 0.29) is 10.6 Å². The van der Waals surface area contributed by atoms with E-state index in [1.165, 1.54) is 18.2 Å². The molecule has 0 bridgehead atoms. The monoisotopic (exact) mass is 323 g/mol. The van der Waals surface area contributed by atoms with Crippen LogP contribution in [0, 0.1) is 0 Å². The molecule has 2 rings (SSSR count). The minimum Gasteiger partial charge on any atom is -0.377 e. The van der Waals surface area contributed by atoms with Crippen LogP contribution >= 0.6 is 11.6 Å². The smallest absolute Gasteiger partial charge is 0.341 e. The second-order valence-corrected chi connectivity index (χ2v) is 7.20. The molecule has 0 aliphatic heterocycles. The summed E-state index contributed by atoms with van der Waals surface area (Å²) in [6, 6.07) is 5.74. The van der Waals surface area contributed by atoms with Crippen molar-refractivity contribution in [2.24, 2.45) is 0 Å². The summed E-state index contributed by atoms with van der Waals surface area (Å²) in [6.45, 7) is 0. The Morgan fingerprint density at radius 1 is 1.25 bits per heavy atom. The summed E-state index contributed by atoms with van der Waals surface area (Å²) in [5.74, 6) is -3.11. The third kappa shape index (κ3) is 2.91. The maximum Gasteiger partial charge on any atom is 0.341 e. The second kappa shape index (κ2) is 5.85. The Hall–Kier alpha value is -0.880. The van der Waals surface area contributed by atoms with Crippen LogP contribution < -0.4 is 5.32 Å². The highest BCUT2D eigenvalue weighted by atomic mass is 35.5. The van der Waals surface area contributed by atoms with E-state index in [1.807, 2.05) is 0 Å². The number of nitrogens with one attached hydrogen (secondary N) is 1. The molecule has 1 aliphatic rings. The third-order valence-corrected chi connectivity index (χ3v) is 5.59. The molecule has 1 aromatic carbocycles. The Bertz CT molecular complexity index is 571. The van der Waals surface area contributed by atoms with Gasteiger partial charge in [-0.3, -0.25) is 0 Å². The van der Waals surface area contributed by atoms with Gasteiger partial charge in [0.05, 0.1) is 16.1 Å². The van der Waals surface area contributed by atoms with Gasteiger partial charge < -0.3 is 5.32 Å². The predicted molar refractivity (Wildman–Crippen MR) is 75.2 cm³/mol. The van der Waals surface area contributed by atoms with Crippen LogP contribution in [0.1, 0.15) is 25.7 Å². The number of hydrogen-bond donors (Lipinski definition) is 1. The van der Waals surface area contributed by atoms with Gasteiger partial charge in [0.15, 0.2) is 0 Å². The number of hydrogen-bond acceptors (Lipinski definition) is 3. The van der Waals surface area contributed by atoms with Crippen LogP contribution in [0.25, 0.3) is 0 Å². The Morgan fingerprint density at radius 2 is 1.85 bits per heavy atom. The number of halogens is 3. The van der Waals surface area contributed by atoms with Crippen molar-refractivity contribution in [3.05, 3.63) is 24.3 Å². The van der Waals surface area contributed by atoms with Crippen LogP contribution in [0.3, 0.4) is 0 Å². The predicted octanol–water partition coefficient (Wildman–Crippen LogP) is 3.65. The number of para-hydroxylation sites is 1. The number of alkyl halides is 3.